The lowest BCUT2D eigenvalue weighted by Gasteiger charge is -2.33. The predicted octanol–water partition coefficient (Wildman–Crippen LogP) is 16.5. The fourth-order valence-electron chi connectivity index (χ4n) is 10.7. The zero-order valence-corrected chi connectivity index (χ0v) is 39.5. The molecule has 0 fully saturated rings. The first-order valence-corrected chi connectivity index (χ1v) is 24.1. The molecule has 2 atom stereocenters. The van der Waals surface area contributed by atoms with Gasteiger partial charge in [0.15, 0.2) is 17.5 Å². The summed E-state index contributed by atoms with van der Waals surface area (Å²) in [6.07, 6.45) is 4.27. The van der Waals surface area contributed by atoms with E-state index in [1.54, 1.807) is 0 Å². The van der Waals surface area contributed by atoms with Gasteiger partial charge in [-0.15, -0.1) is 0 Å². The molecule has 4 aromatic heterocycles. The van der Waals surface area contributed by atoms with Crippen LogP contribution in [0.15, 0.2) is 222 Å². The monoisotopic (exact) mass is 928 g/mol. The molecule has 0 saturated carbocycles. The average Bonchev–Trinajstić information content (AvgIpc) is 4.12. The second kappa shape index (κ2) is 16.8. The summed E-state index contributed by atoms with van der Waals surface area (Å²) in [6.45, 7) is 14.3. The largest absolute Gasteiger partial charge is 0.460 e. The van der Waals surface area contributed by atoms with Gasteiger partial charge < -0.3 is 18.3 Å². The highest BCUT2D eigenvalue weighted by atomic mass is 16.3. The summed E-state index contributed by atoms with van der Waals surface area (Å²) in [5.41, 5.74) is 11.8. The summed E-state index contributed by atoms with van der Waals surface area (Å²) in [7, 11) is 0. The summed E-state index contributed by atoms with van der Waals surface area (Å²) >= 11 is 0. The first kappa shape index (κ1) is 42.5. The van der Waals surface area contributed by atoms with Gasteiger partial charge in [-0.3, -0.25) is 0 Å². The minimum atomic E-state index is -0.0204. The van der Waals surface area contributed by atoms with Crippen LogP contribution in [0, 0.1) is 17.2 Å². The molecule has 1 unspecified atom stereocenters. The van der Waals surface area contributed by atoms with Gasteiger partial charge in [-0.1, -0.05) is 179 Å². The van der Waals surface area contributed by atoms with Gasteiger partial charge in [-0.05, 0) is 54.0 Å². The van der Waals surface area contributed by atoms with Crippen molar-refractivity contribution in [3.63, 3.8) is 0 Å². The van der Waals surface area contributed by atoms with Crippen LogP contribution in [-0.4, -0.2) is 19.5 Å². The van der Waals surface area contributed by atoms with Crippen molar-refractivity contribution < 1.29 is 8.83 Å². The number of allylic oxidation sites excluding steroid dienone is 2. The van der Waals surface area contributed by atoms with E-state index in [4.69, 9.17) is 36.9 Å². The van der Waals surface area contributed by atoms with E-state index in [2.05, 4.69) is 102 Å². The topological polar surface area (TPSA) is 96.9 Å². The molecule has 0 amide bonds. The van der Waals surface area contributed by atoms with Crippen molar-refractivity contribution in [3.05, 3.63) is 230 Å². The minimum absolute atomic E-state index is 0.0204. The second-order valence-corrected chi connectivity index (χ2v) is 18.5. The van der Waals surface area contributed by atoms with E-state index in [1.807, 2.05) is 121 Å². The molecule has 0 N–H and O–H groups in total. The van der Waals surface area contributed by atoms with E-state index >= 15 is 0 Å². The van der Waals surface area contributed by atoms with Crippen LogP contribution in [-0.2, 0) is 0 Å². The molecule has 12 aromatic rings. The Hall–Kier alpha value is -9.58. The Morgan fingerprint density at radius 3 is 1.78 bits per heavy atom. The van der Waals surface area contributed by atoms with Crippen molar-refractivity contribution in [1.29, 1.82) is 5.26 Å². The fraction of sp³-hybridized carbons (Fsp3) is 0.0625. The number of nitriles is 1. The van der Waals surface area contributed by atoms with Crippen LogP contribution in [0.2, 0.25) is 0 Å². The number of fused-ring (bicyclic) bond motifs is 10. The Morgan fingerprint density at radius 2 is 1.11 bits per heavy atom. The lowest BCUT2D eigenvalue weighted by molar-refractivity contribution is 0.455. The predicted molar refractivity (Wildman–Crippen MR) is 291 cm³/mol. The molecule has 0 saturated heterocycles. The van der Waals surface area contributed by atoms with Crippen LogP contribution in [0.5, 0.6) is 0 Å². The molecule has 0 spiro atoms. The highest BCUT2D eigenvalue weighted by molar-refractivity contribution is 6.25. The van der Waals surface area contributed by atoms with E-state index in [1.165, 1.54) is 0 Å². The van der Waals surface area contributed by atoms with Gasteiger partial charge in [-0.2, -0.15) is 5.26 Å². The first-order chi connectivity index (χ1) is 35.4. The van der Waals surface area contributed by atoms with Gasteiger partial charge >= 0.3 is 0 Å². The minimum Gasteiger partial charge on any atom is -0.460 e. The molecular weight excluding hydrogens is 885 g/mol. The van der Waals surface area contributed by atoms with Gasteiger partial charge in [0.05, 0.1) is 39.1 Å². The molecule has 8 heteroatoms. The van der Waals surface area contributed by atoms with Gasteiger partial charge in [0.1, 0.15) is 28.6 Å². The Kier molecular flexibility index (Phi) is 9.94. The SMILES string of the molecule is C=C1/C=C\C(C)[C@H](C)c2oc3ccccc3c2C(=C)N1c1c(-c2nc(-c3ccccc3)nc(-c3ccccc3)n2)cc(C#N)c(-n2c3ccccc3c3ccc4oc5ccccc5c4c32)c1-c1ccccc1. The van der Waals surface area contributed by atoms with Crippen molar-refractivity contribution in [2.75, 3.05) is 4.90 Å². The number of furan rings is 2. The summed E-state index contributed by atoms with van der Waals surface area (Å²) < 4.78 is 15.7. The van der Waals surface area contributed by atoms with Crippen LogP contribution in [0.3, 0.4) is 0 Å². The van der Waals surface area contributed by atoms with Crippen molar-refractivity contribution in [2.24, 2.45) is 5.92 Å². The maximum atomic E-state index is 11.9. The van der Waals surface area contributed by atoms with Gasteiger partial charge in [-0.25, -0.2) is 15.0 Å². The molecule has 72 heavy (non-hydrogen) atoms. The second-order valence-electron chi connectivity index (χ2n) is 18.5. The van der Waals surface area contributed by atoms with Crippen molar-refractivity contribution >= 4 is 66.1 Å². The molecule has 0 aliphatic carbocycles. The smallest absolute Gasteiger partial charge is 0.166 e. The number of aromatic nitrogens is 4. The third-order valence-electron chi connectivity index (χ3n) is 14.3. The molecular formula is C64H44N6O2. The number of anilines is 1. The van der Waals surface area contributed by atoms with E-state index < -0.39 is 0 Å². The zero-order chi connectivity index (χ0) is 48.6. The zero-order valence-electron chi connectivity index (χ0n) is 39.5. The Labute approximate surface area is 415 Å². The highest BCUT2D eigenvalue weighted by Crippen LogP contribution is 2.53. The quantitative estimate of drug-likeness (QED) is 0.164. The number of rotatable bonds is 6. The van der Waals surface area contributed by atoms with Crippen LogP contribution < -0.4 is 4.90 Å². The number of nitrogens with zero attached hydrogens (tertiary/aromatic N) is 6. The van der Waals surface area contributed by atoms with Crippen LogP contribution in [0.4, 0.5) is 5.69 Å². The molecule has 8 aromatic carbocycles. The summed E-state index contributed by atoms with van der Waals surface area (Å²) in [4.78, 5) is 18.0. The molecule has 13 rings (SSSR count). The summed E-state index contributed by atoms with van der Waals surface area (Å²) in [6, 6.07) is 63.7. The number of benzene rings is 8. The van der Waals surface area contributed by atoms with E-state index in [-0.39, 0.29) is 11.8 Å². The standard InChI is InChI=1S/C64H44N6O2/c1-38-32-33-39(2)69(41(4)55-48-27-15-19-31-53(48)72-61(55)40(38)3)60-50(64-67-62(43-22-10-6-11-23-43)66-63(68-64)44-24-12-7-13-25-44)36-45(37-65)58(56(60)42-20-8-5-9-21-42)70-51-29-17-14-26-46(51)47-34-35-54-57(59(47)70)49-28-16-18-30-52(49)71-54/h5-36,38,40H,2,4H2,1,3H3/b33-32-/t38?,40-/m0/s1. The molecule has 8 nitrogen and oxygen atoms in total. The van der Waals surface area contributed by atoms with Gasteiger partial charge in [0.2, 0.25) is 0 Å². The molecule has 5 heterocycles. The first-order valence-electron chi connectivity index (χ1n) is 24.1. The normalized spacial score (nSPS) is 15.5. The number of hydrogen-bond acceptors (Lipinski definition) is 7. The molecule has 1 aliphatic heterocycles. The van der Waals surface area contributed by atoms with Crippen LogP contribution in [0.1, 0.15) is 36.7 Å². The van der Waals surface area contributed by atoms with Gasteiger partial charge in [0.25, 0.3) is 0 Å². The van der Waals surface area contributed by atoms with Crippen molar-refractivity contribution in [2.45, 2.75) is 19.8 Å². The summed E-state index contributed by atoms with van der Waals surface area (Å²) in [5.74, 6) is 2.20. The maximum Gasteiger partial charge on any atom is 0.166 e. The van der Waals surface area contributed by atoms with E-state index in [0.29, 0.717) is 51.4 Å². The van der Waals surface area contributed by atoms with E-state index in [9.17, 15) is 5.26 Å². The fourth-order valence-corrected chi connectivity index (χ4v) is 10.7. The van der Waals surface area contributed by atoms with Crippen LogP contribution in [0.25, 0.3) is 111 Å². The lowest BCUT2D eigenvalue weighted by Crippen LogP contribution is -2.22. The highest BCUT2D eigenvalue weighted by Gasteiger charge is 2.35. The Balaban J connectivity index is 1.25. The average molecular weight is 929 g/mol. The Morgan fingerprint density at radius 1 is 0.542 bits per heavy atom. The van der Waals surface area contributed by atoms with E-state index in [0.717, 1.165) is 88.3 Å². The molecule has 0 radical (unpaired) electrons. The maximum absolute atomic E-state index is 11.9. The number of para-hydroxylation sites is 3. The number of hydrogen-bond donors (Lipinski definition) is 0. The van der Waals surface area contributed by atoms with Crippen molar-refractivity contribution in [3.8, 4) is 57.0 Å². The Bertz CT molecular complexity index is 4190. The molecule has 0 bridgehead atoms. The summed E-state index contributed by atoms with van der Waals surface area (Å²) in [5, 5.41) is 16.8. The van der Waals surface area contributed by atoms with Crippen molar-refractivity contribution in [1.82, 2.24) is 19.5 Å². The third-order valence-corrected chi connectivity index (χ3v) is 14.3. The molecule has 1 aliphatic rings. The lowest BCUT2D eigenvalue weighted by atomic mass is 9.89. The third kappa shape index (κ3) is 6.63. The van der Waals surface area contributed by atoms with Gasteiger partial charge in [0, 0.05) is 61.0 Å². The molecule has 342 valence electrons. The van der Waals surface area contributed by atoms with Crippen LogP contribution >= 0.6 is 0 Å².